The number of carbonyl (C=O) groups is 2. The van der Waals surface area contributed by atoms with Crippen LogP contribution in [0.15, 0.2) is 66.9 Å². The summed E-state index contributed by atoms with van der Waals surface area (Å²) in [6.07, 6.45) is 7.12. The molecule has 3 aliphatic rings. The number of methoxy groups -OCH3 is 1. The fourth-order valence-electron chi connectivity index (χ4n) is 5.90. The molecule has 180 valence electrons. The number of H-pyrrole nitrogens is 1. The second kappa shape index (κ2) is 8.57. The third-order valence-electron chi connectivity index (χ3n) is 7.68. The molecule has 3 aliphatic heterocycles. The number of nitrogens with one attached hydrogen (secondary N) is 2. The first kappa shape index (κ1) is 21.9. The van der Waals surface area contributed by atoms with Gasteiger partial charge in [0.05, 0.1) is 31.6 Å². The van der Waals surface area contributed by atoms with E-state index in [-0.39, 0.29) is 17.9 Å². The fourth-order valence-corrected chi connectivity index (χ4v) is 5.90. The van der Waals surface area contributed by atoms with Gasteiger partial charge in [-0.1, -0.05) is 42.5 Å². The second-order valence-electron chi connectivity index (χ2n) is 9.66. The SMILES string of the molecule is COc1ccc(CCNC(=O)[C@H]2[C@H]3C(=O)N(CCc4c[nH]c5ccccc45)C[C@@]34C=C[C@H]2O4)cc1. The molecule has 2 fully saturated rings. The number of amides is 2. The topological polar surface area (TPSA) is 83.7 Å². The predicted molar refractivity (Wildman–Crippen MR) is 132 cm³/mol. The van der Waals surface area contributed by atoms with Crippen molar-refractivity contribution in [2.24, 2.45) is 11.8 Å². The summed E-state index contributed by atoms with van der Waals surface area (Å²) >= 11 is 0. The van der Waals surface area contributed by atoms with Gasteiger partial charge in [0, 0.05) is 30.2 Å². The number of ether oxygens (including phenoxy) is 2. The van der Waals surface area contributed by atoms with E-state index >= 15 is 0 Å². The Hall–Kier alpha value is -3.58. The van der Waals surface area contributed by atoms with Gasteiger partial charge < -0.3 is 24.7 Å². The number of para-hydroxylation sites is 1. The Morgan fingerprint density at radius 1 is 1.20 bits per heavy atom. The molecular weight excluding hydrogens is 442 g/mol. The van der Waals surface area contributed by atoms with E-state index < -0.39 is 17.4 Å². The van der Waals surface area contributed by atoms with Crippen LogP contribution in [0.4, 0.5) is 0 Å². The highest BCUT2D eigenvalue weighted by Gasteiger charge is 2.66. The summed E-state index contributed by atoms with van der Waals surface area (Å²) in [5.74, 6) is -0.218. The number of carbonyl (C=O) groups excluding carboxylic acids is 2. The lowest BCUT2D eigenvalue weighted by molar-refractivity contribution is -0.137. The number of likely N-dealkylation sites (tertiary alicyclic amines) is 1. The highest BCUT2D eigenvalue weighted by atomic mass is 16.5. The van der Waals surface area contributed by atoms with Gasteiger partial charge in [-0.3, -0.25) is 9.59 Å². The summed E-state index contributed by atoms with van der Waals surface area (Å²) in [6.45, 7) is 1.62. The molecule has 2 N–H and O–H groups in total. The van der Waals surface area contributed by atoms with Crippen molar-refractivity contribution in [3.05, 3.63) is 78.0 Å². The molecule has 6 rings (SSSR count). The van der Waals surface area contributed by atoms with E-state index in [1.807, 2.05) is 59.6 Å². The normalized spacial score (nSPS) is 26.5. The highest BCUT2D eigenvalue weighted by molar-refractivity contribution is 5.93. The number of aromatic amines is 1. The monoisotopic (exact) mass is 471 g/mol. The summed E-state index contributed by atoms with van der Waals surface area (Å²) in [5, 5.41) is 4.23. The first-order valence-corrected chi connectivity index (χ1v) is 12.2. The molecular formula is C28H29N3O4. The van der Waals surface area contributed by atoms with Crippen molar-refractivity contribution in [3.63, 3.8) is 0 Å². The Morgan fingerprint density at radius 3 is 2.86 bits per heavy atom. The molecule has 4 heterocycles. The van der Waals surface area contributed by atoms with Crippen LogP contribution in [0.5, 0.6) is 5.75 Å². The molecule has 4 atom stereocenters. The lowest BCUT2D eigenvalue weighted by Gasteiger charge is -2.23. The molecule has 2 bridgehead atoms. The molecule has 2 saturated heterocycles. The van der Waals surface area contributed by atoms with Gasteiger partial charge in [-0.15, -0.1) is 0 Å². The van der Waals surface area contributed by atoms with Crippen LogP contribution in [0.1, 0.15) is 11.1 Å². The summed E-state index contributed by atoms with van der Waals surface area (Å²) in [7, 11) is 1.64. The highest BCUT2D eigenvalue weighted by Crippen LogP contribution is 2.51. The molecule has 0 unspecified atom stereocenters. The van der Waals surface area contributed by atoms with Crippen molar-refractivity contribution in [2.75, 3.05) is 26.7 Å². The van der Waals surface area contributed by atoms with E-state index in [1.54, 1.807) is 7.11 Å². The Bertz CT molecular complexity index is 1300. The maximum atomic E-state index is 13.5. The van der Waals surface area contributed by atoms with Crippen LogP contribution in [-0.2, 0) is 27.2 Å². The Balaban J connectivity index is 1.10. The van der Waals surface area contributed by atoms with E-state index in [0.717, 1.165) is 23.3 Å². The third-order valence-corrected chi connectivity index (χ3v) is 7.68. The summed E-state index contributed by atoms with van der Waals surface area (Å²) in [6, 6.07) is 16.0. The standard InChI is InChI=1S/C28H29N3O4/c1-34-20-8-6-18(7-9-20)11-14-29-26(32)24-23-10-13-28(35-23)17-31(27(33)25(24)28)15-12-19-16-30-22-5-3-2-4-21(19)22/h2-10,13,16,23-25,30H,11-12,14-15,17H2,1H3,(H,29,32)/t23-,24-,25+,28+/m1/s1. The fraction of sp³-hybridized carbons (Fsp3) is 0.357. The Morgan fingerprint density at radius 2 is 2.03 bits per heavy atom. The molecule has 0 aliphatic carbocycles. The lowest BCUT2D eigenvalue weighted by atomic mass is 9.77. The Labute approximate surface area is 204 Å². The van der Waals surface area contributed by atoms with Crippen LogP contribution in [0.3, 0.4) is 0 Å². The maximum absolute atomic E-state index is 13.5. The van der Waals surface area contributed by atoms with Gasteiger partial charge in [0.25, 0.3) is 0 Å². The van der Waals surface area contributed by atoms with Crippen LogP contribution in [-0.4, -0.2) is 60.1 Å². The summed E-state index contributed by atoms with van der Waals surface area (Å²) in [4.78, 5) is 31.8. The number of nitrogens with zero attached hydrogens (tertiary/aromatic N) is 1. The molecule has 3 aromatic rings. The van der Waals surface area contributed by atoms with Gasteiger partial charge in [0.15, 0.2) is 0 Å². The van der Waals surface area contributed by atoms with Gasteiger partial charge in [-0.25, -0.2) is 0 Å². The number of rotatable bonds is 8. The van der Waals surface area contributed by atoms with E-state index in [9.17, 15) is 9.59 Å². The van der Waals surface area contributed by atoms with Crippen LogP contribution in [0, 0.1) is 11.8 Å². The first-order valence-electron chi connectivity index (χ1n) is 12.2. The number of aromatic nitrogens is 1. The van der Waals surface area contributed by atoms with Gasteiger partial charge in [0.2, 0.25) is 11.8 Å². The molecule has 1 spiro atoms. The van der Waals surface area contributed by atoms with Crippen LogP contribution >= 0.6 is 0 Å². The number of hydrogen-bond donors (Lipinski definition) is 2. The van der Waals surface area contributed by atoms with E-state index in [1.165, 1.54) is 10.9 Å². The van der Waals surface area contributed by atoms with Gasteiger partial charge in [0.1, 0.15) is 11.4 Å². The summed E-state index contributed by atoms with van der Waals surface area (Å²) in [5.41, 5.74) is 2.73. The number of fused-ring (bicyclic) bond motifs is 2. The van der Waals surface area contributed by atoms with Gasteiger partial charge >= 0.3 is 0 Å². The van der Waals surface area contributed by atoms with Crippen molar-refractivity contribution < 1.29 is 19.1 Å². The van der Waals surface area contributed by atoms with Crippen LogP contribution in [0.2, 0.25) is 0 Å². The van der Waals surface area contributed by atoms with Crippen molar-refractivity contribution in [1.29, 1.82) is 0 Å². The molecule has 1 aromatic heterocycles. The lowest BCUT2D eigenvalue weighted by Crippen LogP contribution is -2.44. The zero-order chi connectivity index (χ0) is 24.0. The van der Waals surface area contributed by atoms with E-state index in [2.05, 4.69) is 22.4 Å². The van der Waals surface area contributed by atoms with E-state index in [0.29, 0.717) is 26.1 Å². The average molecular weight is 472 g/mol. The minimum atomic E-state index is -0.681. The molecule has 7 nitrogen and oxygen atoms in total. The minimum absolute atomic E-state index is 0.0204. The third kappa shape index (κ3) is 3.71. The zero-order valence-electron chi connectivity index (χ0n) is 19.7. The molecule has 35 heavy (non-hydrogen) atoms. The van der Waals surface area contributed by atoms with Crippen molar-refractivity contribution in [3.8, 4) is 5.75 Å². The zero-order valence-corrected chi connectivity index (χ0v) is 19.7. The van der Waals surface area contributed by atoms with E-state index in [4.69, 9.17) is 9.47 Å². The minimum Gasteiger partial charge on any atom is -0.497 e. The van der Waals surface area contributed by atoms with Crippen molar-refractivity contribution in [1.82, 2.24) is 15.2 Å². The van der Waals surface area contributed by atoms with Crippen molar-refractivity contribution >= 4 is 22.7 Å². The van der Waals surface area contributed by atoms with Gasteiger partial charge in [-0.05, 0) is 42.2 Å². The molecule has 0 saturated carbocycles. The summed E-state index contributed by atoms with van der Waals surface area (Å²) < 4.78 is 11.5. The smallest absolute Gasteiger partial charge is 0.230 e. The van der Waals surface area contributed by atoms with Crippen LogP contribution in [0.25, 0.3) is 10.9 Å². The molecule has 0 radical (unpaired) electrons. The quantitative estimate of drug-likeness (QED) is 0.495. The Kier molecular flexibility index (Phi) is 5.37. The predicted octanol–water partition coefficient (Wildman–Crippen LogP) is 2.86. The number of benzene rings is 2. The second-order valence-corrected chi connectivity index (χ2v) is 9.66. The van der Waals surface area contributed by atoms with Gasteiger partial charge in [-0.2, -0.15) is 0 Å². The first-order chi connectivity index (χ1) is 17.1. The molecule has 2 aromatic carbocycles. The van der Waals surface area contributed by atoms with Crippen molar-refractivity contribution in [2.45, 2.75) is 24.5 Å². The maximum Gasteiger partial charge on any atom is 0.230 e. The van der Waals surface area contributed by atoms with Crippen LogP contribution < -0.4 is 10.1 Å². The average Bonchev–Trinajstić information content (AvgIpc) is 3.63. The molecule has 7 heteroatoms. The molecule has 2 amide bonds. The number of hydrogen-bond acceptors (Lipinski definition) is 4. The largest absolute Gasteiger partial charge is 0.497 e.